The minimum atomic E-state index is -0.515. The molecule has 106 valence electrons. The molecular formula is C17H14BrNO2. The highest BCUT2D eigenvalue weighted by atomic mass is 79.9. The first-order chi connectivity index (χ1) is 10.1. The average molecular weight is 344 g/mol. The lowest BCUT2D eigenvalue weighted by atomic mass is 10.1. The van der Waals surface area contributed by atoms with Gasteiger partial charge in [0.2, 0.25) is 0 Å². The van der Waals surface area contributed by atoms with Crippen LogP contribution in [-0.2, 0) is 0 Å². The van der Waals surface area contributed by atoms with Gasteiger partial charge in [-0.1, -0.05) is 28.1 Å². The molecule has 0 radical (unpaired) electrons. The number of ether oxygens (including phenoxy) is 1. The zero-order chi connectivity index (χ0) is 14.8. The van der Waals surface area contributed by atoms with E-state index in [1.54, 1.807) is 13.1 Å². The van der Waals surface area contributed by atoms with Crippen molar-refractivity contribution >= 4 is 26.8 Å². The Labute approximate surface area is 131 Å². The monoisotopic (exact) mass is 343 g/mol. The molecule has 0 saturated carbocycles. The summed E-state index contributed by atoms with van der Waals surface area (Å²) in [7, 11) is 0. The number of hydrogen-bond donors (Lipinski definition) is 1. The first kappa shape index (κ1) is 14.0. The van der Waals surface area contributed by atoms with E-state index in [1.807, 2.05) is 48.5 Å². The molecule has 21 heavy (non-hydrogen) atoms. The topological polar surface area (TPSA) is 42.4 Å². The summed E-state index contributed by atoms with van der Waals surface area (Å²) in [6.07, 6.45) is 1.25. The molecule has 0 spiro atoms. The van der Waals surface area contributed by atoms with E-state index < -0.39 is 6.10 Å². The van der Waals surface area contributed by atoms with Crippen molar-refractivity contribution in [3.8, 4) is 11.5 Å². The Morgan fingerprint density at radius 2 is 1.86 bits per heavy atom. The maximum absolute atomic E-state index is 9.62. The van der Waals surface area contributed by atoms with E-state index in [1.165, 1.54) is 0 Å². The van der Waals surface area contributed by atoms with Crippen LogP contribution in [0.25, 0.3) is 10.9 Å². The lowest BCUT2D eigenvalue weighted by Crippen LogP contribution is -1.93. The summed E-state index contributed by atoms with van der Waals surface area (Å²) in [5.74, 6) is 1.44. The Morgan fingerprint density at radius 1 is 1.10 bits per heavy atom. The standard InChI is InChI=1S/C17H14BrNO2/c1-11(20)15-7-6-13(9-16(15)18)21-14-5-4-12-3-2-8-19-17(12)10-14/h2-11,20H,1H3. The summed E-state index contributed by atoms with van der Waals surface area (Å²) in [4.78, 5) is 4.32. The molecule has 1 unspecified atom stereocenters. The molecule has 0 aliphatic heterocycles. The lowest BCUT2D eigenvalue weighted by molar-refractivity contribution is 0.198. The van der Waals surface area contributed by atoms with Crippen LogP contribution in [0.4, 0.5) is 0 Å². The van der Waals surface area contributed by atoms with Gasteiger partial charge in [0.15, 0.2) is 0 Å². The third-order valence-electron chi connectivity index (χ3n) is 3.24. The fraction of sp³-hybridized carbons (Fsp3) is 0.118. The minimum Gasteiger partial charge on any atom is -0.457 e. The number of nitrogens with zero attached hydrogens (tertiary/aromatic N) is 1. The molecule has 1 aromatic heterocycles. The first-order valence-corrected chi connectivity index (χ1v) is 7.43. The Kier molecular flexibility index (Phi) is 3.90. The van der Waals surface area contributed by atoms with Crippen molar-refractivity contribution in [2.24, 2.45) is 0 Å². The summed E-state index contributed by atoms with van der Waals surface area (Å²) in [5, 5.41) is 10.7. The van der Waals surface area contributed by atoms with Gasteiger partial charge in [-0.05, 0) is 42.8 Å². The molecular weight excluding hydrogens is 330 g/mol. The Balaban J connectivity index is 1.89. The number of fused-ring (bicyclic) bond motifs is 1. The van der Waals surface area contributed by atoms with Crippen molar-refractivity contribution in [1.82, 2.24) is 4.98 Å². The molecule has 0 bridgehead atoms. The van der Waals surface area contributed by atoms with Crippen molar-refractivity contribution in [2.45, 2.75) is 13.0 Å². The largest absolute Gasteiger partial charge is 0.457 e. The normalized spacial score (nSPS) is 12.3. The van der Waals surface area contributed by atoms with Gasteiger partial charge >= 0.3 is 0 Å². The number of aliphatic hydroxyl groups excluding tert-OH is 1. The molecule has 3 rings (SSSR count). The van der Waals surface area contributed by atoms with Gasteiger partial charge in [-0.15, -0.1) is 0 Å². The third kappa shape index (κ3) is 3.06. The molecule has 1 heterocycles. The SMILES string of the molecule is CC(O)c1ccc(Oc2ccc3cccnc3c2)cc1Br. The van der Waals surface area contributed by atoms with Gasteiger partial charge in [-0.3, -0.25) is 4.98 Å². The van der Waals surface area contributed by atoms with E-state index >= 15 is 0 Å². The van der Waals surface area contributed by atoms with E-state index in [0.29, 0.717) is 5.75 Å². The number of benzene rings is 2. The number of pyridine rings is 1. The highest BCUT2D eigenvalue weighted by Gasteiger charge is 2.08. The van der Waals surface area contributed by atoms with Crippen LogP contribution in [0.5, 0.6) is 11.5 Å². The van der Waals surface area contributed by atoms with Gasteiger partial charge in [0.05, 0.1) is 11.6 Å². The number of aliphatic hydroxyl groups is 1. The van der Waals surface area contributed by atoms with Gasteiger partial charge < -0.3 is 9.84 Å². The van der Waals surface area contributed by atoms with Gasteiger partial charge in [-0.2, -0.15) is 0 Å². The van der Waals surface area contributed by atoms with Crippen molar-refractivity contribution in [1.29, 1.82) is 0 Å². The second-order valence-electron chi connectivity index (χ2n) is 4.82. The van der Waals surface area contributed by atoms with Crippen LogP contribution in [0, 0.1) is 0 Å². The molecule has 0 fully saturated rings. The number of aromatic nitrogens is 1. The Bertz CT molecular complexity index is 787. The second-order valence-corrected chi connectivity index (χ2v) is 5.67. The number of rotatable bonds is 3. The van der Waals surface area contributed by atoms with Gasteiger partial charge in [0.25, 0.3) is 0 Å². The van der Waals surface area contributed by atoms with E-state index in [-0.39, 0.29) is 0 Å². The number of hydrogen-bond acceptors (Lipinski definition) is 3. The predicted octanol–water partition coefficient (Wildman–Crippen LogP) is 4.84. The van der Waals surface area contributed by atoms with Crippen molar-refractivity contribution in [3.63, 3.8) is 0 Å². The van der Waals surface area contributed by atoms with Gasteiger partial charge in [0, 0.05) is 22.1 Å². The molecule has 1 N–H and O–H groups in total. The molecule has 0 amide bonds. The summed E-state index contributed by atoms with van der Waals surface area (Å²) in [6.45, 7) is 1.73. The van der Waals surface area contributed by atoms with Crippen LogP contribution in [0.3, 0.4) is 0 Å². The summed E-state index contributed by atoms with van der Waals surface area (Å²) in [5.41, 5.74) is 1.73. The maximum Gasteiger partial charge on any atom is 0.129 e. The highest BCUT2D eigenvalue weighted by Crippen LogP contribution is 2.31. The quantitative estimate of drug-likeness (QED) is 0.739. The summed E-state index contributed by atoms with van der Waals surface area (Å²) >= 11 is 3.45. The number of halogens is 1. The van der Waals surface area contributed by atoms with Crippen LogP contribution in [0.1, 0.15) is 18.6 Å². The van der Waals surface area contributed by atoms with Gasteiger partial charge in [0.1, 0.15) is 11.5 Å². The van der Waals surface area contributed by atoms with E-state index in [9.17, 15) is 5.11 Å². The molecule has 0 aliphatic rings. The van der Waals surface area contributed by atoms with Crippen LogP contribution in [0.2, 0.25) is 0 Å². The summed E-state index contributed by atoms with van der Waals surface area (Å²) in [6, 6.07) is 15.3. The maximum atomic E-state index is 9.62. The zero-order valence-corrected chi connectivity index (χ0v) is 13.0. The van der Waals surface area contributed by atoms with E-state index in [0.717, 1.165) is 26.7 Å². The second kappa shape index (κ2) is 5.84. The predicted molar refractivity (Wildman–Crippen MR) is 86.6 cm³/mol. The van der Waals surface area contributed by atoms with Crippen LogP contribution >= 0.6 is 15.9 Å². The third-order valence-corrected chi connectivity index (χ3v) is 3.92. The first-order valence-electron chi connectivity index (χ1n) is 6.63. The molecule has 0 aliphatic carbocycles. The van der Waals surface area contributed by atoms with Crippen molar-refractivity contribution in [2.75, 3.05) is 0 Å². The van der Waals surface area contributed by atoms with E-state index in [4.69, 9.17) is 4.74 Å². The van der Waals surface area contributed by atoms with Crippen molar-refractivity contribution < 1.29 is 9.84 Å². The van der Waals surface area contributed by atoms with E-state index in [2.05, 4.69) is 20.9 Å². The van der Waals surface area contributed by atoms with Crippen molar-refractivity contribution in [3.05, 3.63) is 64.8 Å². The van der Waals surface area contributed by atoms with Gasteiger partial charge in [-0.25, -0.2) is 0 Å². The smallest absolute Gasteiger partial charge is 0.129 e. The zero-order valence-electron chi connectivity index (χ0n) is 11.5. The molecule has 1 atom stereocenters. The minimum absolute atomic E-state index is 0.515. The summed E-state index contributed by atoms with van der Waals surface area (Å²) < 4.78 is 6.68. The fourth-order valence-corrected chi connectivity index (χ4v) is 2.85. The molecule has 4 heteroatoms. The molecule has 0 saturated heterocycles. The highest BCUT2D eigenvalue weighted by molar-refractivity contribution is 9.10. The fourth-order valence-electron chi connectivity index (χ4n) is 2.16. The Hall–Kier alpha value is -1.91. The Morgan fingerprint density at radius 3 is 2.62 bits per heavy atom. The van der Waals surface area contributed by atoms with Crippen LogP contribution < -0.4 is 4.74 Å². The lowest BCUT2D eigenvalue weighted by Gasteiger charge is -2.11. The average Bonchev–Trinajstić information content (AvgIpc) is 2.47. The van der Waals surface area contributed by atoms with Crippen LogP contribution in [-0.4, -0.2) is 10.1 Å². The van der Waals surface area contributed by atoms with Crippen LogP contribution in [0.15, 0.2) is 59.2 Å². The molecule has 3 aromatic rings. The molecule has 3 nitrogen and oxygen atoms in total. The molecule has 2 aromatic carbocycles.